The molecule has 0 spiro atoms. The second kappa shape index (κ2) is 37.1. The van der Waals surface area contributed by atoms with E-state index in [0.29, 0.717) is 0 Å². The van der Waals surface area contributed by atoms with Gasteiger partial charge in [0.2, 0.25) is 17.7 Å². The number of cyclic esters (lactones) is 3. The van der Waals surface area contributed by atoms with E-state index >= 15 is 0 Å². The average Bonchev–Trinajstić information content (AvgIpc) is 0.838. The van der Waals surface area contributed by atoms with Gasteiger partial charge in [0.25, 0.3) is 17.7 Å². The molecule has 1 heterocycles. The SMILES string of the molecule is O=C(CNC(=O)c1cccc(OCc2ccccc2)c1OCc1ccccc1)NC1COC(=O)C(NC(=O)CNC(=O)c2cccc(OCc3ccccc3)c2OCc2ccccc2)COC(=O)C(NC(=O)CNC(=O)c2cccc(OCc3ccccc3)c2OCc2ccccc2)COC1=O. The molecule has 3 unspecified atom stereocenters. The van der Waals surface area contributed by atoms with Crippen molar-refractivity contribution in [2.45, 2.75) is 57.8 Å². The maximum absolute atomic E-state index is 14.1. The summed E-state index contributed by atoms with van der Waals surface area (Å²) in [6, 6.07) is 63.8. The molecular formula is C78H72N6O18. The van der Waals surface area contributed by atoms with Crippen LogP contribution < -0.4 is 60.3 Å². The molecule has 24 nitrogen and oxygen atoms in total. The molecule has 0 aromatic heterocycles. The molecule has 0 bridgehead atoms. The van der Waals surface area contributed by atoms with Gasteiger partial charge in [-0.2, -0.15) is 0 Å². The van der Waals surface area contributed by atoms with Crippen molar-refractivity contribution in [2.24, 2.45) is 0 Å². The Morgan fingerprint density at radius 3 is 0.725 bits per heavy atom. The van der Waals surface area contributed by atoms with E-state index in [1.165, 1.54) is 18.2 Å². The Labute approximate surface area is 586 Å². The highest BCUT2D eigenvalue weighted by Crippen LogP contribution is 2.36. The summed E-state index contributed by atoms with van der Waals surface area (Å²) < 4.78 is 53.4. The van der Waals surface area contributed by atoms with Crippen LogP contribution in [0, 0.1) is 0 Å². The van der Waals surface area contributed by atoms with Crippen molar-refractivity contribution in [2.75, 3.05) is 39.5 Å². The number of nitrogens with one attached hydrogen (secondary N) is 6. The van der Waals surface area contributed by atoms with Crippen molar-refractivity contribution < 1.29 is 85.8 Å². The summed E-state index contributed by atoms with van der Waals surface area (Å²) in [7, 11) is 0. The van der Waals surface area contributed by atoms with Gasteiger partial charge >= 0.3 is 17.9 Å². The third-order valence-corrected chi connectivity index (χ3v) is 15.3. The number of ether oxygens (including phenoxy) is 9. The number of esters is 3. The van der Waals surface area contributed by atoms with Gasteiger partial charge in [-0.05, 0) is 69.8 Å². The van der Waals surface area contributed by atoms with E-state index < -0.39 is 111 Å². The number of hydrogen-bond acceptors (Lipinski definition) is 18. The molecule has 6 amide bonds. The van der Waals surface area contributed by atoms with Crippen LogP contribution in [0.5, 0.6) is 34.5 Å². The van der Waals surface area contributed by atoms with E-state index in [-0.39, 0.29) is 90.8 Å². The fourth-order valence-electron chi connectivity index (χ4n) is 10.1. The Hall–Kier alpha value is -13.0. The van der Waals surface area contributed by atoms with Gasteiger partial charge in [-0.1, -0.05) is 200 Å². The quantitative estimate of drug-likeness (QED) is 0.0184. The average molecular weight is 1380 g/mol. The van der Waals surface area contributed by atoms with E-state index in [0.717, 1.165) is 33.4 Å². The highest BCUT2D eigenvalue weighted by molar-refractivity contribution is 6.02. The Morgan fingerprint density at radius 1 is 0.284 bits per heavy atom. The Balaban J connectivity index is 0.838. The van der Waals surface area contributed by atoms with Crippen LogP contribution in [-0.2, 0) is 82.6 Å². The number of hydrogen-bond donors (Lipinski definition) is 6. The smallest absolute Gasteiger partial charge is 0.332 e. The van der Waals surface area contributed by atoms with Gasteiger partial charge in [0.05, 0.1) is 36.3 Å². The van der Waals surface area contributed by atoms with Crippen molar-refractivity contribution in [3.05, 3.63) is 287 Å². The van der Waals surface area contributed by atoms with Crippen molar-refractivity contribution in [3.8, 4) is 34.5 Å². The molecule has 0 radical (unpaired) electrons. The third-order valence-electron chi connectivity index (χ3n) is 15.3. The monoisotopic (exact) mass is 1380 g/mol. The van der Waals surface area contributed by atoms with Gasteiger partial charge in [0.15, 0.2) is 52.6 Å². The number of amides is 6. The lowest BCUT2D eigenvalue weighted by atomic mass is 10.1. The van der Waals surface area contributed by atoms with E-state index in [4.69, 9.17) is 42.6 Å². The summed E-state index contributed by atoms with van der Waals surface area (Å²) in [4.78, 5) is 126. The highest BCUT2D eigenvalue weighted by atomic mass is 16.6. The van der Waals surface area contributed by atoms with Crippen molar-refractivity contribution in [1.82, 2.24) is 31.9 Å². The Morgan fingerprint density at radius 2 is 0.500 bits per heavy atom. The van der Waals surface area contributed by atoms with E-state index in [2.05, 4.69) is 31.9 Å². The molecule has 6 N–H and O–H groups in total. The first-order chi connectivity index (χ1) is 49.8. The van der Waals surface area contributed by atoms with Crippen molar-refractivity contribution >= 4 is 53.4 Å². The minimum atomic E-state index is -1.86. The number of benzene rings is 9. The first-order valence-corrected chi connectivity index (χ1v) is 32.4. The standard InChI is InChI=1S/C78H72N6O18/c85-67(40-79-73(88)58-34-19-37-64(94-43-52-22-7-1-8-23-52)70(58)97-46-55-28-13-4-14-29-55)82-61-49-100-77(92)63(84-69(87)42-81-75(90)60-36-21-39-66(96-45-54-26-11-3-12-27-54)72(60)99-48-57-32-17-6-18-33-57)51-102-78(93)62(50-101-76(61)91)83-68(86)41-80-74(89)59-35-20-38-65(95-44-53-24-9-2-10-25-53)71(59)98-47-56-30-15-5-16-31-56/h1-39,61-63H,40-51H2,(H,79,88)(H,80,89)(H,81,90)(H,82,85)(H,83,86)(H,84,87). The molecule has 1 aliphatic heterocycles. The van der Waals surface area contributed by atoms with E-state index in [1.807, 2.05) is 182 Å². The lowest BCUT2D eigenvalue weighted by Crippen LogP contribution is -2.54. The van der Waals surface area contributed by atoms with Crippen molar-refractivity contribution in [3.63, 3.8) is 0 Å². The Bertz CT molecular complexity index is 3890. The van der Waals surface area contributed by atoms with E-state index in [1.54, 1.807) is 36.4 Å². The van der Waals surface area contributed by atoms with Crippen LogP contribution in [0.15, 0.2) is 237 Å². The van der Waals surface area contributed by atoms with Gasteiger partial charge < -0.3 is 74.5 Å². The maximum atomic E-state index is 14.1. The molecule has 0 saturated carbocycles. The molecule has 9 aromatic rings. The predicted octanol–water partition coefficient (Wildman–Crippen LogP) is 7.85. The summed E-state index contributed by atoms with van der Waals surface area (Å²) in [5, 5.41) is 14.7. The molecule has 522 valence electrons. The second-order valence-corrected chi connectivity index (χ2v) is 22.8. The van der Waals surface area contributed by atoms with Gasteiger partial charge in [-0.3, -0.25) is 28.8 Å². The number of carbonyl (C=O) groups excluding carboxylic acids is 9. The van der Waals surface area contributed by atoms with Gasteiger partial charge in [0.1, 0.15) is 59.5 Å². The Kier molecular flexibility index (Phi) is 26.1. The van der Waals surface area contributed by atoms with Crippen LogP contribution in [0.25, 0.3) is 0 Å². The topological polar surface area (TPSA) is 309 Å². The summed E-state index contributed by atoms with van der Waals surface area (Å²) in [5.74, 6) is -8.38. The zero-order chi connectivity index (χ0) is 71.3. The normalized spacial score (nSPS) is 14.4. The lowest BCUT2D eigenvalue weighted by Gasteiger charge is -2.25. The first-order valence-electron chi connectivity index (χ1n) is 32.4. The van der Waals surface area contributed by atoms with Gasteiger partial charge in [0, 0.05) is 0 Å². The molecule has 1 saturated heterocycles. The fourth-order valence-corrected chi connectivity index (χ4v) is 10.1. The van der Waals surface area contributed by atoms with Crippen LogP contribution in [0.1, 0.15) is 64.5 Å². The van der Waals surface area contributed by atoms with Crippen LogP contribution >= 0.6 is 0 Å². The molecule has 0 aliphatic carbocycles. The zero-order valence-corrected chi connectivity index (χ0v) is 55.1. The molecule has 1 fully saturated rings. The summed E-state index contributed by atoms with van der Waals surface area (Å²) in [6.45, 7) is -4.71. The summed E-state index contributed by atoms with van der Waals surface area (Å²) >= 11 is 0. The van der Waals surface area contributed by atoms with Gasteiger partial charge in [-0.25, -0.2) is 14.4 Å². The summed E-state index contributed by atoms with van der Waals surface area (Å²) in [6.07, 6.45) is 0. The number of carbonyl (C=O) groups is 9. The number of rotatable bonds is 30. The summed E-state index contributed by atoms with van der Waals surface area (Å²) in [5.41, 5.74) is 4.83. The molecule has 3 atom stereocenters. The highest BCUT2D eigenvalue weighted by Gasteiger charge is 2.34. The van der Waals surface area contributed by atoms with E-state index in [9.17, 15) is 43.2 Å². The minimum Gasteiger partial charge on any atom is -0.485 e. The fraction of sp³-hybridized carbons (Fsp3) is 0.192. The predicted molar refractivity (Wildman–Crippen MR) is 370 cm³/mol. The minimum absolute atomic E-state index is 0.0114. The molecule has 10 rings (SSSR count). The molecule has 1 aliphatic rings. The van der Waals surface area contributed by atoms with Crippen LogP contribution in [-0.4, -0.2) is 111 Å². The van der Waals surface area contributed by atoms with Crippen LogP contribution in [0.2, 0.25) is 0 Å². The first kappa shape index (κ1) is 71.8. The van der Waals surface area contributed by atoms with Crippen molar-refractivity contribution in [1.29, 1.82) is 0 Å². The molecule has 9 aromatic carbocycles. The zero-order valence-electron chi connectivity index (χ0n) is 55.1. The maximum Gasteiger partial charge on any atom is 0.332 e. The van der Waals surface area contributed by atoms with Gasteiger partial charge in [-0.15, -0.1) is 0 Å². The largest absolute Gasteiger partial charge is 0.485 e. The molecule has 24 heteroatoms. The second-order valence-electron chi connectivity index (χ2n) is 22.8. The third kappa shape index (κ3) is 21.5. The van der Waals surface area contributed by atoms with Crippen LogP contribution in [0.4, 0.5) is 0 Å². The number of para-hydroxylation sites is 3. The van der Waals surface area contributed by atoms with Crippen LogP contribution in [0.3, 0.4) is 0 Å². The molecular weight excluding hydrogens is 1310 g/mol. The lowest BCUT2D eigenvalue weighted by molar-refractivity contribution is -0.163. The molecule has 102 heavy (non-hydrogen) atoms.